The summed E-state index contributed by atoms with van der Waals surface area (Å²) in [6.07, 6.45) is 0. The number of nitrogens with two attached hydrogens (primary N) is 1. The van der Waals surface area contributed by atoms with E-state index in [-0.39, 0.29) is 5.84 Å². The molecule has 138 valence electrons. The Bertz CT molecular complexity index is 910. The second-order valence-electron chi connectivity index (χ2n) is 6.11. The molecule has 0 bridgehead atoms. The molecule has 0 saturated carbocycles. The van der Waals surface area contributed by atoms with Gasteiger partial charge in [-0.3, -0.25) is 5.41 Å². The topological polar surface area (TPSA) is 80.4 Å². The molecule has 0 heterocycles. The maximum atomic E-state index is 7.53. The van der Waals surface area contributed by atoms with E-state index in [9.17, 15) is 0 Å². The van der Waals surface area contributed by atoms with Gasteiger partial charge in [-0.05, 0) is 35.4 Å². The van der Waals surface area contributed by atoms with Crippen LogP contribution in [0.4, 0.5) is 5.69 Å². The molecule has 0 aliphatic carbocycles. The lowest BCUT2D eigenvalue weighted by molar-refractivity contribution is 0.284. The number of ether oxygens (including phenoxy) is 2. The predicted molar refractivity (Wildman–Crippen MR) is 109 cm³/mol. The number of nitrogens with one attached hydrogen (secondary N) is 2. The van der Waals surface area contributed by atoms with Crippen LogP contribution in [0.1, 0.15) is 16.7 Å². The fraction of sp³-hybridized carbons (Fsp3) is 0.136. The number of hydrogen-bond acceptors (Lipinski definition) is 4. The molecule has 0 amide bonds. The van der Waals surface area contributed by atoms with E-state index in [4.69, 9.17) is 20.6 Å². The normalized spacial score (nSPS) is 10.3. The third kappa shape index (κ3) is 5.01. The van der Waals surface area contributed by atoms with Gasteiger partial charge in [0.25, 0.3) is 0 Å². The van der Waals surface area contributed by atoms with Crippen molar-refractivity contribution in [3.63, 3.8) is 0 Å². The van der Waals surface area contributed by atoms with Crippen molar-refractivity contribution in [1.29, 1.82) is 5.41 Å². The van der Waals surface area contributed by atoms with Crippen LogP contribution in [-0.2, 0) is 13.2 Å². The summed E-state index contributed by atoms with van der Waals surface area (Å²) < 4.78 is 11.4. The van der Waals surface area contributed by atoms with E-state index in [2.05, 4.69) is 5.32 Å². The minimum Gasteiger partial charge on any atom is -0.493 e. The van der Waals surface area contributed by atoms with E-state index >= 15 is 0 Å². The number of nitrogen functional groups attached to an aromatic ring is 1. The smallest absolute Gasteiger partial charge is 0.161 e. The van der Waals surface area contributed by atoms with Crippen molar-refractivity contribution in [3.8, 4) is 11.5 Å². The third-order valence-electron chi connectivity index (χ3n) is 4.14. The average Bonchev–Trinajstić information content (AvgIpc) is 2.72. The molecule has 5 nitrogen and oxygen atoms in total. The van der Waals surface area contributed by atoms with Crippen LogP contribution >= 0.6 is 0 Å². The standard InChI is InChI=1S/C22H23N3O2/c1-26-21-12-17(14-25-19-9-5-8-18(13-19)22(23)24)10-11-20(21)27-15-16-6-3-2-4-7-16/h2-13,25H,14-15H2,1H3,(H3,23,24). The van der Waals surface area contributed by atoms with Crippen molar-refractivity contribution in [2.24, 2.45) is 5.73 Å². The molecule has 27 heavy (non-hydrogen) atoms. The van der Waals surface area contributed by atoms with E-state index in [0.29, 0.717) is 30.2 Å². The first-order valence-electron chi connectivity index (χ1n) is 8.67. The van der Waals surface area contributed by atoms with Crippen molar-refractivity contribution in [2.45, 2.75) is 13.2 Å². The van der Waals surface area contributed by atoms with Crippen molar-refractivity contribution in [1.82, 2.24) is 0 Å². The molecular formula is C22H23N3O2. The van der Waals surface area contributed by atoms with Gasteiger partial charge in [0.05, 0.1) is 7.11 Å². The molecule has 5 heteroatoms. The minimum absolute atomic E-state index is 0.0558. The van der Waals surface area contributed by atoms with Gasteiger partial charge in [-0.1, -0.05) is 48.5 Å². The molecule has 0 atom stereocenters. The van der Waals surface area contributed by atoms with Gasteiger partial charge in [0.2, 0.25) is 0 Å². The highest BCUT2D eigenvalue weighted by Gasteiger charge is 2.07. The Kier molecular flexibility index (Phi) is 5.94. The van der Waals surface area contributed by atoms with Crippen LogP contribution in [0, 0.1) is 5.41 Å². The Labute approximate surface area is 159 Å². The second-order valence-corrected chi connectivity index (χ2v) is 6.11. The molecule has 0 radical (unpaired) electrons. The number of rotatable bonds is 8. The highest BCUT2D eigenvalue weighted by molar-refractivity contribution is 5.95. The van der Waals surface area contributed by atoms with Crippen LogP contribution in [0.15, 0.2) is 72.8 Å². The van der Waals surface area contributed by atoms with Gasteiger partial charge < -0.3 is 20.5 Å². The summed E-state index contributed by atoms with van der Waals surface area (Å²) in [6.45, 7) is 1.11. The van der Waals surface area contributed by atoms with Gasteiger partial charge in [-0.15, -0.1) is 0 Å². The molecule has 0 aliphatic rings. The summed E-state index contributed by atoms with van der Waals surface area (Å²) in [4.78, 5) is 0. The number of amidine groups is 1. The third-order valence-corrected chi connectivity index (χ3v) is 4.14. The summed E-state index contributed by atoms with van der Waals surface area (Å²) >= 11 is 0. The van der Waals surface area contributed by atoms with Crippen molar-refractivity contribution in [2.75, 3.05) is 12.4 Å². The predicted octanol–water partition coefficient (Wildman–Crippen LogP) is 4.17. The summed E-state index contributed by atoms with van der Waals surface area (Å²) in [5.41, 5.74) is 9.31. The highest BCUT2D eigenvalue weighted by atomic mass is 16.5. The average molecular weight is 361 g/mol. The molecule has 0 aliphatic heterocycles. The lowest BCUT2D eigenvalue weighted by Gasteiger charge is -2.13. The van der Waals surface area contributed by atoms with Crippen molar-refractivity contribution >= 4 is 11.5 Å². The fourth-order valence-electron chi connectivity index (χ4n) is 2.68. The SMILES string of the molecule is COc1cc(CNc2cccc(C(=N)N)c2)ccc1OCc1ccccc1. The van der Waals surface area contributed by atoms with Gasteiger partial charge in [0, 0.05) is 17.8 Å². The van der Waals surface area contributed by atoms with Crippen LogP contribution in [0.3, 0.4) is 0 Å². The zero-order chi connectivity index (χ0) is 19.1. The van der Waals surface area contributed by atoms with Gasteiger partial charge in [0.15, 0.2) is 11.5 Å². The maximum absolute atomic E-state index is 7.53. The number of methoxy groups -OCH3 is 1. The van der Waals surface area contributed by atoms with Crippen molar-refractivity contribution < 1.29 is 9.47 Å². The van der Waals surface area contributed by atoms with E-state index in [1.807, 2.05) is 72.8 Å². The summed E-state index contributed by atoms with van der Waals surface area (Å²) in [6, 6.07) is 23.4. The second kappa shape index (κ2) is 8.76. The van der Waals surface area contributed by atoms with Gasteiger partial charge in [-0.25, -0.2) is 0 Å². The number of anilines is 1. The molecule has 3 rings (SSSR count). The van der Waals surface area contributed by atoms with E-state index in [1.54, 1.807) is 7.11 Å². The molecule has 0 spiro atoms. The number of hydrogen-bond donors (Lipinski definition) is 3. The quantitative estimate of drug-likeness (QED) is 0.415. The largest absolute Gasteiger partial charge is 0.493 e. The lowest BCUT2D eigenvalue weighted by atomic mass is 10.1. The Morgan fingerprint density at radius 1 is 0.926 bits per heavy atom. The van der Waals surface area contributed by atoms with Crippen LogP contribution in [0.25, 0.3) is 0 Å². The zero-order valence-corrected chi connectivity index (χ0v) is 15.2. The van der Waals surface area contributed by atoms with Crippen molar-refractivity contribution in [3.05, 3.63) is 89.5 Å². The molecule has 4 N–H and O–H groups in total. The molecule has 3 aromatic rings. The minimum atomic E-state index is 0.0558. The van der Waals surface area contributed by atoms with Crippen LogP contribution < -0.4 is 20.5 Å². The van der Waals surface area contributed by atoms with Gasteiger partial charge in [0.1, 0.15) is 12.4 Å². The first-order chi connectivity index (χ1) is 13.2. The summed E-state index contributed by atoms with van der Waals surface area (Å²) in [5, 5.41) is 10.9. The molecule has 0 aromatic heterocycles. The Morgan fingerprint density at radius 2 is 1.74 bits per heavy atom. The number of benzene rings is 3. The zero-order valence-electron chi connectivity index (χ0n) is 15.2. The van der Waals surface area contributed by atoms with Gasteiger partial charge >= 0.3 is 0 Å². The lowest BCUT2D eigenvalue weighted by Crippen LogP contribution is -2.11. The molecule has 0 saturated heterocycles. The van der Waals surface area contributed by atoms with E-state index in [1.165, 1.54) is 0 Å². The van der Waals surface area contributed by atoms with Gasteiger partial charge in [-0.2, -0.15) is 0 Å². The Morgan fingerprint density at radius 3 is 2.48 bits per heavy atom. The molecule has 0 unspecified atom stereocenters. The maximum Gasteiger partial charge on any atom is 0.161 e. The fourth-order valence-corrected chi connectivity index (χ4v) is 2.68. The van der Waals surface area contributed by atoms with E-state index < -0.39 is 0 Å². The van der Waals surface area contributed by atoms with Crippen LogP contribution in [-0.4, -0.2) is 12.9 Å². The molecule has 3 aromatic carbocycles. The van der Waals surface area contributed by atoms with E-state index in [0.717, 1.165) is 16.8 Å². The highest BCUT2D eigenvalue weighted by Crippen LogP contribution is 2.29. The molecule has 0 fully saturated rings. The Balaban J connectivity index is 1.65. The first kappa shape index (κ1) is 18.3. The first-order valence-corrected chi connectivity index (χ1v) is 8.67. The van der Waals surface area contributed by atoms with Crippen LogP contribution in [0.5, 0.6) is 11.5 Å². The Hall–Kier alpha value is -3.47. The monoisotopic (exact) mass is 361 g/mol. The van der Waals surface area contributed by atoms with Crippen LogP contribution in [0.2, 0.25) is 0 Å². The summed E-state index contributed by atoms with van der Waals surface area (Å²) in [5.74, 6) is 1.46. The molecular weight excluding hydrogens is 338 g/mol. The summed E-state index contributed by atoms with van der Waals surface area (Å²) in [7, 11) is 1.64.